The molecule has 18 heteroatoms. The summed E-state index contributed by atoms with van der Waals surface area (Å²) in [6.07, 6.45) is -9.41. The van der Waals surface area contributed by atoms with E-state index in [1.165, 1.54) is 25.1 Å². The molecule has 4 aromatic rings. The first-order chi connectivity index (χ1) is 21.0. The number of aryl methyl sites for hydroxylation is 1. The van der Waals surface area contributed by atoms with Crippen LogP contribution in [0.4, 0.5) is 37.7 Å². The van der Waals surface area contributed by atoms with E-state index >= 15 is 0 Å². The molecule has 10 nitrogen and oxygen atoms in total. The van der Waals surface area contributed by atoms with E-state index in [0.717, 1.165) is 41.0 Å². The molecule has 0 unspecified atom stereocenters. The van der Waals surface area contributed by atoms with Crippen LogP contribution in [0, 0.1) is 17.0 Å². The second kappa shape index (κ2) is 13.2. The Kier molecular flexibility index (Phi) is 9.72. The molecule has 236 valence electrons. The van der Waals surface area contributed by atoms with E-state index in [4.69, 9.17) is 11.6 Å². The summed E-state index contributed by atoms with van der Waals surface area (Å²) >= 11 is 6.63. The van der Waals surface area contributed by atoms with Gasteiger partial charge in [0.15, 0.2) is 11.0 Å². The van der Waals surface area contributed by atoms with E-state index in [-0.39, 0.29) is 38.6 Å². The average Bonchev–Trinajstić information content (AvgIpc) is 3.37. The van der Waals surface area contributed by atoms with Crippen LogP contribution >= 0.6 is 23.4 Å². The lowest BCUT2D eigenvalue weighted by molar-refractivity contribution is -0.385. The number of nitro benzene ring substituents is 1. The Balaban J connectivity index is 1.59. The number of rotatable bonds is 9. The smallest absolute Gasteiger partial charge is 0.345 e. The number of nitrogens with one attached hydrogen (secondary N) is 2. The minimum atomic E-state index is -4.71. The standard InChI is InChI=1S/C27H19ClF6N6O4S/c1-14-5-6-15(9-21(14)40(43)44)24(42)35-12-22-37-38-25(39(22)18-4-2-3-16(10-18)26(29,30)31)45-13-23(41)36-20-11-17(27(32,33)34)7-8-19(20)28/h2-11H,12-13H2,1H3,(H,35,42)(H,36,41). The van der Waals surface area contributed by atoms with Crippen LogP contribution in [0.3, 0.4) is 0 Å². The van der Waals surface area contributed by atoms with Gasteiger partial charge < -0.3 is 10.6 Å². The molecule has 0 saturated heterocycles. The molecule has 1 aromatic heterocycles. The molecule has 1 heterocycles. The third kappa shape index (κ3) is 8.10. The maximum Gasteiger partial charge on any atom is 0.416 e. The molecule has 0 aliphatic carbocycles. The SMILES string of the molecule is Cc1ccc(C(=O)NCc2nnc(SCC(=O)Nc3cc(C(F)(F)F)ccc3Cl)n2-c2cccc(C(F)(F)F)c2)cc1[N+](=O)[O-]. The number of halogens is 7. The van der Waals surface area contributed by atoms with Gasteiger partial charge in [0.2, 0.25) is 5.91 Å². The van der Waals surface area contributed by atoms with Crippen molar-refractivity contribution in [1.82, 2.24) is 20.1 Å². The van der Waals surface area contributed by atoms with Gasteiger partial charge >= 0.3 is 12.4 Å². The minimum absolute atomic E-state index is 0.0584. The van der Waals surface area contributed by atoms with Gasteiger partial charge in [0.05, 0.1) is 44.7 Å². The average molecular weight is 673 g/mol. The zero-order chi connectivity index (χ0) is 33.1. The summed E-state index contributed by atoms with van der Waals surface area (Å²) < 4.78 is 80.9. The Bertz CT molecular complexity index is 1780. The maximum absolute atomic E-state index is 13.5. The number of hydrogen-bond donors (Lipinski definition) is 2. The lowest BCUT2D eigenvalue weighted by atomic mass is 10.1. The summed E-state index contributed by atoms with van der Waals surface area (Å²) in [6.45, 7) is 1.10. The van der Waals surface area contributed by atoms with Gasteiger partial charge in [-0.2, -0.15) is 26.3 Å². The predicted octanol–water partition coefficient (Wildman–Crippen LogP) is 6.84. The summed E-state index contributed by atoms with van der Waals surface area (Å²) in [7, 11) is 0. The van der Waals surface area contributed by atoms with Gasteiger partial charge in [-0.05, 0) is 49.4 Å². The number of alkyl halides is 6. The van der Waals surface area contributed by atoms with Gasteiger partial charge in [-0.25, -0.2) is 0 Å². The molecule has 0 radical (unpaired) electrons. The summed E-state index contributed by atoms with van der Waals surface area (Å²) in [6, 6.07) is 10.2. The Morgan fingerprint density at radius 2 is 1.67 bits per heavy atom. The van der Waals surface area contributed by atoms with Crippen LogP contribution < -0.4 is 10.6 Å². The molecule has 0 aliphatic heterocycles. The van der Waals surface area contributed by atoms with Crippen molar-refractivity contribution in [2.24, 2.45) is 0 Å². The number of nitro groups is 1. The topological polar surface area (TPSA) is 132 Å². The van der Waals surface area contributed by atoms with E-state index in [2.05, 4.69) is 20.8 Å². The Hall–Kier alpha value is -4.64. The first-order valence-electron chi connectivity index (χ1n) is 12.5. The number of hydrogen-bond acceptors (Lipinski definition) is 7. The molecular weight excluding hydrogens is 654 g/mol. The third-order valence-electron chi connectivity index (χ3n) is 6.11. The normalized spacial score (nSPS) is 11.7. The van der Waals surface area contributed by atoms with E-state index < -0.39 is 52.5 Å². The molecule has 2 amide bonds. The minimum Gasteiger partial charge on any atom is -0.345 e. The number of amides is 2. The van der Waals surface area contributed by atoms with Gasteiger partial charge in [-0.1, -0.05) is 35.5 Å². The molecule has 0 bridgehead atoms. The number of carbonyl (C=O) groups is 2. The number of benzene rings is 3. The number of carbonyl (C=O) groups excluding carboxylic acids is 2. The maximum atomic E-state index is 13.5. The van der Waals surface area contributed by atoms with Crippen molar-refractivity contribution in [1.29, 1.82) is 0 Å². The van der Waals surface area contributed by atoms with Crippen LogP contribution in [0.15, 0.2) is 65.8 Å². The van der Waals surface area contributed by atoms with Crippen molar-refractivity contribution in [2.45, 2.75) is 31.0 Å². The molecular formula is C27H19ClF6N6O4S. The highest BCUT2D eigenvalue weighted by Gasteiger charge is 2.32. The largest absolute Gasteiger partial charge is 0.416 e. The zero-order valence-corrected chi connectivity index (χ0v) is 24.2. The van der Waals surface area contributed by atoms with E-state index in [9.17, 15) is 46.0 Å². The first kappa shape index (κ1) is 33.3. The monoisotopic (exact) mass is 672 g/mol. The highest BCUT2D eigenvalue weighted by Crippen LogP contribution is 2.35. The van der Waals surface area contributed by atoms with Crippen LogP contribution in [-0.4, -0.2) is 37.3 Å². The summed E-state index contributed by atoms with van der Waals surface area (Å²) in [5, 5.41) is 23.6. The van der Waals surface area contributed by atoms with Crippen LogP contribution in [0.25, 0.3) is 5.69 Å². The van der Waals surface area contributed by atoms with Gasteiger partial charge in [0.25, 0.3) is 11.6 Å². The predicted molar refractivity (Wildman–Crippen MR) is 151 cm³/mol. The fraction of sp³-hybridized carbons (Fsp3) is 0.185. The van der Waals surface area contributed by atoms with Crippen LogP contribution in [-0.2, 0) is 23.7 Å². The molecule has 0 saturated carbocycles. The molecule has 3 aromatic carbocycles. The van der Waals surface area contributed by atoms with Gasteiger partial charge in [-0.15, -0.1) is 10.2 Å². The van der Waals surface area contributed by atoms with E-state index in [1.807, 2.05) is 0 Å². The summed E-state index contributed by atoms with van der Waals surface area (Å²) in [5.41, 5.74) is -2.48. The number of thioether (sulfide) groups is 1. The van der Waals surface area contributed by atoms with Gasteiger partial charge in [0.1, 0.15) is 0 Å². The Morgan fingerprint density at radius 1 is 0.978 bits per heavy atom. The molecule has 4 rings (SSSR count). The number of aromatic nitrogens is 3. The summed E-state index contributed by atoms with van der Waals surface area (Å²) in [4.78, 5) is 36.0. The highest BCUT2D eigenvalue weighted by molar-refractivity contribution is 7.99. The molecule has 0 aliphatic rings. The fourth-order valence-electron chi connectivity index (χ4n) is 3.91. The molecule has 0 spiro atoms. The summed E-state index contributed by atoms with van der Waals surface area (Å²) in [5.74, 6) is -2.09. The molecule has 2 N–H and O–H groups in total. The zero-order valence-electron chi connectivity index (χ0n) is 22.7. The quantitative estimate of drug-likeness (QED) is 0.0862. The van der Waals surface area contributed by atoms with Crippen LogP contribution in [0.2, 0.25) is 5.02 Å². The van der Waals surface area contributed by atoms with Crippen molar-refractivity contribution in [3.8, 4) is 5.69 Å². The van der Waals surface area contributed by atoms with Crippen molar-refractivity contribution >= 4 is 46.6 Å². The van der Waals surface area contributed by atoms with Gasteiger partial charge in [0, 0.05) is 17.2 Å². The van der Waals surface area contributed by atoms with Crippen molar-refractivity contribution in [2.75, 3.05) is 11.1 Å². The Morgan fingerprint density at radius 3 is 2.33 bits per heavy atom. The van der Waals surface area contributed by atoms with Crippen molar-refractivity contribution < 1.29 is 40.9 Å². The van der Waals surface area contributed by atoms with E-state index in [1.54, 1.807) is 0 Å². The molecule has 0 fully saturated rings. The van der Waals surface area contributed by atoms with Crippen LogP contribution in [0.1, 0.15) is 32.9 Å². The Labute approximate surface area is 258 Å². The number of nitrogens with zero attached hydrogens (tertiary/aromatic N) is 4. The number of anilines is 1. The second-order valence-corrected chi connectivity index (χ2v) is 10.6. The van der Waals surface area contributed by atoms with Crippen molar-refractivity contribution in [3.63, 3.8) is 0 Å². The van der Waals surface area contributed by atoms with Crippen LogP contribution in [0.5, 0.6) is 0 Å². The molecule has 45 heavy (non-hydrogen) atoms. The highest BCUT2D eigenvalue weighted by atomic mass is 35.5. The van der Waals surface area contributed by atoms with Gasteiger partial charge in [-0.3, -0.25) is 24.3 Å². The van der Waals surface area contributed by atoms with E-state index in [0.29, 0.717) is 23.4 Å². The van der Waals surface area contributed by atoms with Crippen molar-refractivity contribution in [3.05, 3.63) is 104 Å². The third-order valence-corrected chi connectivity index (χ3v) is 7.37. The fourth-order valence-corrected chi connectivity index (χ4v) is 4.85. The second-order valence-electron chi connectivity index (χ2n) is 9.25. The lowest BCUT2D eigenvalue weighted by Crippen LogP contribution is -2.25. The lowest BCUT2D eigenvalue weighted by Gasteiger charge is -2.14. The first-order valence-corrected chi connectivity index (χ1v) is 13.9. The molecule has 0 atom stereocenters.